The minimum absolute atomic E-state index is 0.0771. The first-order chi connectivity index (χ1) is 14.0. The van der Waals surface area contributed by atoms with Crippen molar-refractivity contribution in [2.24, 2.45) is 0 Å². The second-order valence-electron chi connectivity index (χ2n) is 8.02. The van der Waals surface area contributed by atoms with E-state index in [-0.39, 0.29) is 30.4 Å². The van der Waals surface area contributed by atoms with Crippen LogP contribution in [0.3, 0.4) is 0 Å². The van der Waals surface area contributed by atoms with E-state index < -0.39 is 0 Å². The molecule has 1 spiro atoms. The van der Waals surface area contributed by atoms with Gasteiger partial charge in [0, 0.05) is 24.0 Å². The zero-order valence-electron chi connectivity index (χ0n) is 16.8. The molecule has 7 heteroatoms. The summed E-state index contributed by atoms with van der Waals surface area (Å²) in [5, 5.41) is 17.6. The monoisotopic (exact) mass is 417 g/mol. The van der Waals surface area contributed by atoms with Crippen molar-refractivity contribution in [3.63, 3.8) is 0 Å². The predicted molar refractivity (Wildman–Crippen MR) is 115 cm³/mol. The molecule has 2 heterocycles. The van der Waals surface area contributed by atoms with E-state index in [1.54, 1.807) is 11.0 Å². The highest BCUT2D eigenvalue weighted by atomic mass is 35.5. The molecule has 0 unspecified atom stereocenters. The fraction of sp³-hybridized carbons (Fsp3) is 0.500. The lowest BCUT2D eigenvalue weighted by Gasteiger charge is -2.44. The van der Waals surface area contributed by atoms with Crippen LogP contribution in [0.5, 0.6) is 0 Å². The van der Waals surface area contributed by atoms with Gasteiger partial charge in [0.2, 0.25) is 0 Å². The van der Waals surface area contributed by atoms with E-state index in [0.717, 1.165) is 54.6 Å². The number of aliphatic hydroxyl groups excluding tert-OH is 1. The molecule has 1 aliphatic heterocycles. The predicted octanol–water partition coefficient (Wildman–Crippen LogP) is 4.58. The molecule has 1 aliphatic carbocycles. The van der Waals surface area contributed by atoms with Crippen LogP contribution in [-0.4, -0.2) is 35.6 Å². The second-order valence-corrected chi connectivity index (χ2v) is 8.43. The van der Waals surface area contributed by atoms with Gasteiger partial charge in [-0.25, -0.2) is 0 Å². The van der Waals surface area contributed by atoms with E-state index in [1.165, 1.54) is 6.42 Å². The van der Waals surface area contributed by atoms with E-state index in [0.29, 0.717) is 17.2 Å². The summed E-state index contributed by atoms with van der Waals surface area (Å²) in [6.45, 7) is 6.87. The summed E-state index contributed by atoms with van der Waals surface area (Å²) < 4.78 is 6.18. The molecule has 3 N–H and O–H groups in total. The van der Waals surface area contributed by atoms with Gasteiger partial charge in [-0.3, -0.25) is 4.79 Å². The number of fused-ring (bicyclic) bond motifs is 4. The molecule has 1 fully saturated rings. The van der Waals surface area contributed by atoms with Crippen LogP contribution in [0, 0.1) is 0 Å². The molecule has 0 atom stereocenters. The average molecular weight is 418 g/mol. The average Bonchev–Trinajstić information content (AvgIpc) is 3.11. The molecular weight excluding hydrogens is 390 g/mol. The van der Waals surface area contributed by atoms with Gasteiger partial charge >= 0.3 is 0 Å². The number of benzene rings is 1. The summed E-state index contributed by atoms with van der Waals surface area (Å²) in [5.74, 6) is 0.808. The Bertz CT molecular complexity index is 940. The SMILES string of the molecule is C=C1Nc2c(Cl)cc3cc(C(=O)N(CCC)CCO)oc3c2C2(CCCCC2)N1. The quantitative estimate of drug-likeness (QED) is 0.663. The number of furan rings is 1. The van der Waals surface area contributed by atoms with E-state index >= 15 is 0 Å². The number of carbonyl (C=O) groups excluding carboxylic acids is 1. The highest BCUT2D eigenvalue weighted by Gasteiger charge is 2.42. The highest BCUT2D eigenvalue weighted by molar-refractivity contribution is 6.34. The maximum absolute atomic E-state index is 13.0. The number of aliphatic hydroxyl groups is 1. The molecule has 1 amide bonds. The second kappa shape index (κ2) is 7.92. The van der Waals surface area contributed by atoms with Crippen molar-refractivity contribution >= 4 is 34.2 Å². The van der Waals surface area contributed by atoms with E-state index in [9.17, 15) is 9.90 Å². The third-order valence-corrected chi connectivity index (χ3v) is 6.27. The number of hydrogen-bond donors (Lipinski definition) is 3. The number of halogens is 1. The highest BCUT2D eigenvalue weighted by Crippen LogP contribution is 2.49. The smallest absolute Gasteiger partial charge is 0.289 e. The van der Waals surface area contributed by atoms with E-state index in [1.807, 2.05) is 13.0 Å². The molecule has 0 bridgehead atoms. The molecule has 6 nitrogen and oxygen atoms in total. The molecule has 0 radical (unpaired) electrons. The van der Waals surface area contributed by atoms with Gasteiger partial charge in [-0.2, -0.15) is 0 Å². The van der Waals surface area contributed by atoms with Crippen molar-refractivity contribution in [2.75, 3.05) is 25.0 Å². The Morgan fingerprint density at radius 3 is 2.76 bits per heavy atom. The zero-order chi connectivity index (χ0) is 20.6. The van der Waals surface area contributed by atoms with Crippen molar-refractivity contribution < 1.29 is 14.3 Å². The van der Waals surface area contributed by atoms with Gasteiger partial charge in [-0.05, 0) is 31.4 Å². The Morgan fingerprint density at radius 1 is 1.31 bits per heavy atom. The fourth-order valence-corrected chi connectivity index (χ4v) is 5.02. The topological polar surface area (TPSA) is 77.7 Å². The van der Waals surface area contributed by atoms with Gasteiger partial charge in [-0.1, -0.05) is 44.4 Å². The fourth-order valence-electron chi connectivity index (χ4n) is 4.76. The Labute approximate surface area is 175 Å². The Hall–Kier alpha value is -2.18. The standard InChI is InChI=1S/C22H28ClN3O3/c1-3-9-26(10-11-27)21(28)17-13-15-12-16(23)19-18(20(15)29-17)22(25-14(2)24-19)7-5-4-6-8-22/h12-13,24-25,27H,2-11H2,1H3. The summed E-state index contributed by atoms with van der Waals surface area (Å²) in [5.41, 5.74) is 2.22. The van der Waals surface area contributed by atoms with Gasteiger partial charge in [-0.15, -0.1) is 0 Å². The van der Waals surface area contributed by atoms with Crippen LogP contribution in [0.15, 0.2) is 28.9 Å². The van der Waals surface area contributed by atoms with Gasteiger partial charge in [0.1, 0.15) is 5.58 Å². The molecule has 4 rings (SSSR count). The van der Waals surface area contributed by atoms with Crippen LogP contribution in [0.2, 0.25) is 5.02 Å². The van der Waals surface area contributed by atoms with Crippen LogP contribution in [0.1, 0.15) is 61.6 Å². The van der Waals surface area contributed by atoms with Gasteiger partial charge in [0.25, 0.3) is 5.91 Å². The molecule has 1 aromatic heterocycles. The number of rotatable bonds is 5. The molecular formula is C22H28ClN3O3. The Balaban J connectivity index is 1.85. The lowest BCUT2D eigenvalue weighted by molar-refractivity contribution is 0.0692. The number of hydrogen-bond acceptors (Lipinski definition) is 5. The normalized spacial score (nSPS) is 17.7. The van der Waals surface area contributed by atoms with E-state index in [4.69, 9.17) is 16.0 Å². The summed E-state index contributed by atoms with van der Waals surface area (Å²) in [6, 6.07) is 3.61. The largest absolute Gasteiger partial charge is 0.450 e. The first-order valence-electron chi connectivity index (χ1n) is 10.4. The Morgan fingerprint density at radius 2 is 2.07 bits per heavy atom. The third kappa shape index (κ3) is 3.49. The molecule has 1 saturated carbocycles. The summed E-state index contributed by atoms with van der Waals surface area (Å²) in [6.07, 6.45) is 6.17. The van der Waals surface area contributed by atoms with Crippen molar-refractivity contribution in [1.82, 2.24) is 10.2 Å². The molecule has 0 saturated heterocycles. The lowest BCUT2D eigenvalue weighted by atomic mass is 9.74. The maximum Gasteiger partial charge on any atom is 0.289 e. The van der Waals surface area contributed by atoms with Crippen molar-refractivity contribution in [1.29, 1.82) is 0 Å². The van der Waals surface area contributed by atoms with Gasteiger partial charge < -0.3 is 25.1 Å². The maximum atomic E-state index is 13.0. The molecule has 1 aromatic carbocycles. The first-order valence-corrected chi connectivity index (χ1v) is 10.8. The van der Waals surface area contributed by atoms with Crippen LogP contribution in [0.4, 0.5) is 5.69 Å². The van der Waals surface area contributed by atoms with Crippen LogP contribution >= 0.6 is 11.6 Å². The lowest BCUT2D eigenvalue weighted by Crippen LogP contribution is -2.48. The van der Waals surface area contributed by atoms with Crippen molar-refractivity contribution in [2.45, 2.75) is 51.0 Å². The summed E-state index contributed by atoms with van der Waals surface area (Å²) in [7, 11) is 0. The van der Waals surface area contributed by atoms with Crippen LogP contribution in [-0.2, 0) is 5.54 Å². The van der Waals surface area contributed by atoms with Gasteiger partial charge in [0.05, 0.1) is 28.7 Å². The number of carbonyl (C=O) groups is 1. The molecule has 29 heavy (non-hydrogen) atoms. The van der Waals surface area contributed by atoms with E-state index in [2.05, 4.69) is 17.2 Å². The number of nitrogens with zero attached hydrogens (tertiary/aromatic N) is 1. The zero-order valence-corrected chi connectivity index (χ0v) is 17.6. The molecule has 156 valence electrons. The van der Waals surface area contributed by atoms with Crippen molar-refractivity contribution in [3.05, 3.63) is 40.9 Å². The number of anilines is 1. The van der Waals surface area contributed by atoms with Crippen LogP contribution < -0.4 is 10.6 Å². The summed E-state index contributed by atoms with van der Waals surface area (Å²) in [4.78, 5) is 14.6. The van der Waals surface area contributed by atoms with Crippen molar-refractivity contribution in [3.8, 4) is 0 Å². The summed E-state index contributed by atoms with van der Waals surface area (Å²) >= 11 is 6.64. The third-order valence-electron chi connectivity index (χ3n) is 5.97. The minimum atomic E-state index is -0.286. The Kier molecular flexibility index (Phi) is 5.49. The number of nitrogens with one attached hydrogen (secondary N) is 2. The minimum Gasteiger partial charge on any atom is -0.450 e. The molecule has 2 aromatic rings. The van der Waals surface area contributed by atoms with Gasteiger partial charge in [0.15, 0.2) is 5.76 Å². The number of amides is 1. The first kappa shape index (κ1) is 20.1. The molecule has 2 aliphatic rings. The van der Waals surface area contributed by atoms with Crippen LogP contribution in [0.25, 0.3) is 11.0 Å².